The summed E-state index contributed by atoms with van der Waals surface area (Å²) in [5.74, 6) is 1.27. The second kappa shape index (κ2) is 7.40. The molecule has 128 valence electrons. The Labute approximate surface area is 151 Å². The Hall–Kier alpha value is -2.79. The third kappa shape index (κ3) is 3.83. The molecule has 0 fully saturated rings. The fraction of sp³-hybridized carbons (Fsp3) is 0.158. The number of hydrogen-bond acceptors (Lipinski definition) is 3. The molecule has 0 saturated heterocycles. The van der Waals surface area contributed by atoms with Gasteiger partial charge in [0.1, 0.15) is 17.6 Å². The molecular weight excluding hydrogens is 338 g/mol. The minimum atomic E-state index is -0.391. The summed E-state index contributed by atoms with van der Waals surface area (Å²) in [5.41, 5.74) is 1.41. The van der Waals surface area contributed by atoms with Gasteiger partial charge in [0.2, 0.25) is 0 Å². The lowest BCUT2D eigenvalue weighted by Gasteiger charge is -2.19. The maximum absolute atomic E-state index is 12.7. The third-order valence-electron chi connectivity index (χ3n) is 3.93. The molecule has 2 aromatic carbocycles. The van der Waals surface area contributed by atoms with Gasteiger partial charge in [-0.05, 0) is 35.9 Å². The molecule has 5 nitrogen and oxygen atoms in total. The number of halogens is 1. The zero-order valence-corrected chi connectivity index (χ0v) is 14.7. The molecule has 3 aromatic rings. The number of ether oxygens (including phenoxy) is 1. The molecule has 0 saturated carbocycles. The predicted molar refractivity (Wildman–Crippen MR) is 97.0 cm³/mol. The average molecular weight is 356 g/mol. The van der Waals surface area contributed by atoms with Crippen LogP contribution in [-0.2, 0) is 7.05 Å². The molecule has 6 heteroatoms. The van der Waals surface area contributed by atoms with Gasteiger partial charge in [-0.3, -0.25) is 4.79 Å². The summed E-state index contributed by atoms with van der Waals surface area (Å²) in [6, 6.07) is 14.0. The Morgan fingerprint density at radius 3 is 2.60 bits per heavy atom. The van der Waals surface area contributed by atoms with Crippen molar-refractivity contribution >= 4 is 17.5 Å². The highest BCUT2D eigenvalue weighted by Crippen LogP contribution is 2.23. The number of carbonyl (C=O) groups is 1. The molecule has 1 unspecified atom stereocenters. The fourth-order valence-corrected chi connectivity index (χ4v) is 2.78. The topological polar surface area (TPSA) is 56.1 Å². The number of hydrogen-bond donors (Lipinski definition) is 1. The number of methoxy groups -OCH3 is 1. The number of nitrogens with zero attached hydrogens (tertiary/aromatic N) is 2. The van der Waals surface area contributed by atoms with Gasteiger partial charge in [0.15, 0.2) is 0 Å². The first-order valence-corrected chi connectivity index (χ1v) is 8.14. The van der Waals surface area contributed by atoms with Gasteiger partial charge in [0.25, 0.3) is 5.91 Å². The summed E-state index contributed by atoms with van der Waals surface area (Å²) in [5, 5.41) is 3.55. The summed E-state index contributed by atoms with van der Waals surface area (Å²) in [4.78, 5) is 17.1. The van der Waals surface area contributed by atoms with Crippen LogP contribution >= 0.6 is 11.6 Å². The normalized spacial score (nSPS) is 11.8. The second-order valence-electron chi connectivity index (χ2n) is 5.59. The van der Waals surface area contributed by atoms with E-state index in [1.807, 2.05) is 42.1 Å². The first-order chi connectivity index (χ1) is 12.1. The highest BCUT2D eigenvalue weighted by molar-refractivity contribution is 6.30. The van der Waals surface area contributed by atoms with Gasteiger partial charge >= 0.3 is 0 Å². The van der Waals surface area contributed by atoms with E-state index in [2.05, 4.69) is 10.3 Å². The lowest BCUT2D eigenvalue weighted by atomic mass is 10.0. The van der Waals surface area contributed by atoms with E-state index in [4.69, 9.17) is 16.3 Å². The Morgan fingerprint density at radius 2 is 2.00 bits per heavy atom. The second-order valence-corrected chi connectivity index (χ2v) is 6.02. The molecule has 1 amide bonds. The van der Waals surface area contributed by atoms with Gasteiger partial charge in [0, 0.05) is 30.0 Å². The Balaban J connectivity index is 1.94. The van der Waals surface area contributed by atoms with Crippen molar-refractivity contribution in [3.8, 4) is 5.75 Å². The van der Waals surface area contributed by atoms with E-state index in [-0.39, 0.29) is 5.91 Å². The summed E-state index contributed by atoms with van der Waals surface area (Å²) in [7, 11) is 3.51. The SMILES string of the molecule is COc1ccc(C(NC(=O)c2cccc(Cl)c2)c2nccn2C)cc1. The lowest BCUT2D eigenvalue weighted by Crippen LogP contribution is -2.31. The van der Waals surface area contributed by atoms with Gasteiger partial charge < -0.3 is 14.6 Å². The largest absolute Gasteiger partial charge is 0.497 e. The molecule has 25 heavy (non-hydrogen) atoms. The highest BCUT2D eigenvalue weighted by atomic mass is 35.5. The van der Waals surface area contributed by atoms with Crippen LogP contribution in [0.3, 0.4) is 0 Å². The van der Waals surface area contributed by atoms with Crippen LogP contribution < -0.4 is 10.1 Å². The van der Waals surface area contributed by atoms with E-state index in [1.165, 1.54) is 0 Å². The number of aromatic nitrogens is 2. The number of amides is 1. The van der Waals surface area contributed by atoms with Crippen LogP contribution in [0.15, 0.2) is 60.9 Å². The van der Waals surface area contributed by atoms with E-state index in [0.29, 0.717) is 10.6 Å². The molecule has 3 rings (SSSR count). The van der Waals surface area contributed by atoms with Gasteiger partial charge in [-0.25, -0.2) is 4.98 Å². The highest BCUT2D eigenvalue weighted by Gasteiger charge is 2.21. The van der Waals surface area contributed by atoms with E-state index in [1.54, 1.807) is 37.6 Å². The average Bonchev–Trinajstić information content (AvgIpc) is 3.05. The first kappa shape index (κ1) is 17.0. The van der Waals surface area contributed by atoms with Gasteiger partial charge in [0.05, 0.1) is 7.11 Å². The Bertz CT molecular complexity index is 874. The molecule has 0 aliphatic rings. The zero-order chi connectivity index (χ0) is 17.8. The molecule has 1 aromatic heterocycles. The molecule has 1 heterocycles. The van der Waals surface area contributed by atoms with Crippen LogP contribution in [0, 0.1) is 0 Å². The fourth-order valence-electron chi connectivity index (χ4n) is 2.59. The van der Waals surface area contributed by atoms with Crippen molar-refractivity contribution in [2.24, 2.45) is 7.05 Å². The Morgan fingerprint density at radius 1 is 1.24 bits per heavy atom. The molecule has 0 radical (unpaired) electrons. The molecule has 1 N–H and O–H groups in total. The summed E-state index contributed by atoms with van der Waals surface area (Å²) < 4.78 is 7.09. The van der Waals surface area contributed by atoms with Crippen molar-refractivity contribution in [2.75, 3.05) is 7.11 Å². The van der Waals surface area contributed by atoms with E-state index < -0.39 is 6.04 Å². The lowest BCUT2D eigenvalue weighted by molar-refractivity contribution is 0.0941. The summed E-state index contributed by atoms with van der Waals surface area (Å²) >= 11 is 5.99. The molecule has 0 aliphatic heterocycles. The predicted octanol–water partition coefficient (Wildman–Crippen LogP) is 3.60. The molecule has 0 spiro atoms. The van der Waals surface area contributed by atoms with E-state index >= 15 is 0 Å². The van der Waals surface area contributed by atoms with Crippen molar-refractivity contribution in [1.29, 1.82) is 0 Å². The van der Waals surface area contributed by atoms with Gasteiger partial charge in [-0.15, -0.1) is 0 Å². The minimum Gasteiger partial charge on any atom is -0.497 e. The summed E-state index contributed by atoms with van der Waals surface area (Å²) in [6.07, 6.45) is 3.55. The van der Waals surface area contributed by atoms with E-state index in [0.717, 1.165) is 17.1 Å². The van der Waals surface area contributed by atoms with Crippen molar-refractivity contribution in [3.63, 3.8) is 0 Å². The number of benzene rings is 2. The van der Waals surface area contributed by atoms with E-state index in [9.17, 15) is 4.79 Å². The van der Waals surface area contributed by atoms with Gasteiger partial charge in [-0.2, -0.15) is 0 Å². The summed E-state index contributed by atoms with van der Waals surface area (Å²) in [6.45, 7) is 0. The number of carbonyl (C=O) groups excluding carboxylic acids is 1. The quantitative estimate of drug-likeness (QED) is 0.760. The Kier molecular flexibility index (Phi) is 5.05. The van der Waals surface area contributed by atoms with Crippen LogP contribution in [-0.4, -0.2) is 22.6 Å². The number of rotatable bonds is 5. The number of nitrogens with one attached hydrogen (secondary N) is 1. The third-order valence-corrected chi connectivity index (χ3v) is 4.16. The molecule has 0 bridgehead atoms. The van der Waals surface area contributed by atoms with Gasteiger partial charge in [-0.1, -0.05) is 29.8 Å². The van der Waals surface area contributed by atoms with Crippen molar-refractivity contribution in [1.82, 2.24) is 14.9 Å². The zero-order valence-electron chi connectivity index (χ0n) is 13.9. The molecular formula is C19H18ClN3O2. The smallest absolute Gasteiger partial charge is 0.252 e. The van der Waals surface area contributed by atoms with Crippen LogP contribution in [0.4, 0.5) is 0 Å². The minimum absolute atomic E-state index is 0.216. The first-order valence-electron chi connectivity index (χ1n) is 7.76. The number of aryl methyl sites for hydroxylation is 1. The van der Waals surface area contributed by atoms with Crippen LogP contribution in [0.2, 0.25) is 5.02 Å². The molecule has 1 atom stereocenters. The van der Waals surface area contributed by atoms with Crippen molar-refractivity contribution in [2.45, 2.75) is 6.04 Å². The number of imidazole rings is 1. The van der Waals surface area contributed by atoms with Crippen LogP contribution in [0.25, 0.3) is 0 Å². The van der Waals surface area contributed by atoms with Crippen LogP contribution in [0.1, 0.15) is 27.8 Å². The maximum atomic E-state index is 12.7. The van der Waals surface area contributed by atoms with Crippen LogP contribution in [0.5, 0.6) is 5.75 Å². The maximum Gasteiger partial charge on any atom is 0.252 e. The van der Waals surface area contributed by atoms with Crippen molar-refractivity contribution < 1.29 is 9.53 Å². The standard InChI is InChI=1S/C19H18ClN3O2/c1-23-11-10-21-18(23)17(13-6-8-16(25-2)9-7-13)22-19(24)14-4-3-5-15(20)12-14/h3-12,17H,1-2H3,(H,22,24). The monoisotopic (exact) mass is 355 g/mol. The van der Waals surface area contributed by atoms with Crippen molar-refractivity contribution in [3.05, 3.63) is 82.9 Å². The molecule has 0 aliphatic carbocycles.